The molecule has 0 bridgehead atoms. The maximum Gasteiger partial charge on any atom is 0.407 e. The number of rotatable bonds is 8. The van der Waals surface area contributed by atoms with E-state index in [-0.39, 0.29) is 5.54 Å². The molecule has 3 aromatic rings. The maximum absolute atomic E-state index is 15.1. The Bertz CT molecular complexity index is 1190. The molecule has 182 valence electrons. The van der Waals surface area contributed by atoms with E-state index in [9.17, 15) is 4.79 Å². The lowest BCUT2D eigenvalue weighted by atomic mass is 10.0. The summed E-state index contributed by atoms with van der Waals surface area (Å²) in [6, 6.07) is 3.46. The van der Waals surface area contributed by atoms with Crippen LogP contribution in [0, 0.1) is 0 Å². The molecule has 12 heteroatoms. The van der Waals surface area contributed by atoms with Crippen LogP contribution in [0.3, 0.4) is 0 Å². The highest BCUT2D eigenvalue weighted by molar-refractivity contribution is 5.69. The number of halogens is 1. The molecule has 2 fully saturated rings. The van der Waals surface area contributed by atoms with Gasteiger partial charge in [0, 0.05) is 42.6 Å². The number of aromatic nitrogens is 5. The van der Waals surface area contributed by atoms with Gasteiger partial charge in [0.2, 0.25) is 11.8 Å². The minimum absolute atomic E-state index is 0.204. The van der Waals surface area contributed by atoms with Gasteiger partial charge in [0.05, 0.1) is 19.4 Å². The molecule has 2 saturated carbocycles. The summed E-state index contributed by atoms with van der Waals surface area (Å²) in [6.07, 6.45) is 1.98. The fraction of sp³-hybridized carbons (Fsp3) is 0.545. The third-order valence-electron chi connectivity index (χ3n) is 6.38. The number of anilines is 2. The topological polar surface area (TPSA) is 128 Å². The molecule has 2 aliphatic rings. The number of carbonyl (C=O) groups excluding carboxylic acids is 1. The van der Waals surface area contributed by atoms with Crippen LogP contribution in [0.2, 0.25) is 0 Å². The van der Waals surface area contributed by atoms with Gasteiger partial charge < -0.3 is 24.8 Å². The molecule has 0 unspecified atom stereocenters. The number of methoxy groups -OCH3 is 2. The number of amides is 1. The number of fused-ring (bicyclic) bond motifs is 1. The van der Waals surface area contributed by atoms with Crippen molar-refractivity contribution in [1.82, 2.24) is 29.9 Å². The van der Waals surface area contributed by atoms with Gasteiger partial charge >= 0.3 is 6.09 Å². The Morgan fingerprint density at radius 3 is 2.85 bits per heavy atom. The van der Waals surface area contributed by atoms with Crippen molar-refractivity contribution in [2.45, 2.75) is 62.9 Å². The van der Waals surface area contributed by atoms with Crippen LogP contribution in [0.5, 0.6) is 5.88 Å². The van der Waals surface area contributed by atoms with Crippen molar-refractivity contribution in [3.05, 3.63) is 29.7 Å². The first-order valence-electron chi connectivity index (χ1n) is 11.2. The minimum Gasteiger partial charge on any atom is -0.481 e. The van der Waals surface area contributed by atoms with Gasteiger partial charge in [0.25, 0.3) is 0 Å². The minimum atomic E-state index is -1.32. The van der Waals surface area contributed by atoms with Crippen LogP contribution in [-0.2, 0) is 16.1 Å². The summed E-state index contributed by atoms with van der Waals surface area (Å²) in [5.41, 5.74) is 1.79. The number of alkyl halides is 1. The van der Waals surface area contributed by atoms with E-state index in [2.05, 4.69) is 30.8 Å². The van der Waals surface area contributed by atoms with E-state index in [4.69, 9.17) is 14.2 Å². The van der Waals surface area contributed by atoms with E-state index in [1.165, 1.54) is 7.11 Å². The Kier molecular flexibility index (Phi) is 5.76. The molecule has 3 atom stereocenters. The van der Waals surface area contributed by atoms with Gasteiger partial charge in [-0.1, -0.05) is 0 Å². The number of ether oxygens (including phenoxy) is 3. The van der Waals surface area contributed by atoms with Crippen molar-refractivity contribution < 1.29 is 23.4 Å². The number of hydrogen-bond donors (Lipinski definition) is 3. The summed E-state index contributed by atoms with van der Waals surface area (Å²) in [7, 11) is 3.13. The summed E-state index contributed by atoms with van der Waals surface area (Å²) in [6.45, 7) is 2.31. The predicted molar refractivity (Wildman–Crippen MR) is 120 cm³/mol. The van der Waals surface area contributed by atoms with E-state index in [1.807, 2.05) is 13.1 Å². The predicted octanol–water partition coefficient (Wildman–Crippen LogP) is 3.21. The standard InChI is InChI=1S/C22H28FN7O4/c1-22(6-7-22)27-21(31)34-15-5-4-13(19(15)23)14-8-16(29-28-14)25-20-26-18(33-3)9-17-24-12(11-32-2)10-30(17)20/h8-10,13,15,19H,4-7,11H2,1-3H3,(H,27,31)(H2,25,26,28,29)/t13-,15-,19+/m1/s1. The van der Waals surface area contributed by atoms with Crippen LogP contribution in [-0.4, -0.2) is 62.7 Å². The Morgan fingerprint density at radius 1 is 1.29 bits per heavy atom. The van der Waals surface area contributed by atoms with E-state index in [0.29, 0.717) is 48.4 Å². The van der Waals surface area contributed by atoms with Gasteiger partial charge in [-0.05, 0) is 32.6 Å². The van der Waals surface area contributed by atoms with Gasteiger partial charge in [0.1, 0.15) is 17.9 Å². The summed E-state index contributed by atoms with van der Waals surface area (Å²) in [4.78, 5) is 21.0. The molecule has 3 N–H and O–H groups in total. The van der Waals surface area contributed by atoms with E-state index in [1.54, 1.807) is 23.6 Å². The molecular weight excluding hydrogens is 445 g/mol. The number of hydrogen-bond acceptors (Lipinski definition) is 8. The number of nitrogens with zero attached hydrogens (tertiary/aromatic N) is 4. The van der Waals surface area contributed by atoms with Crippen LogP contribution >= 0.6 is 0 Å². The monoisotopic (exact) mass is 473 g/mol. The highest BCUT2D eigenvalue weighted by Gasteiger charge is 2.43. The van der Waals surface area contributed by atoms with E-state index < -0.39 is 24.3 Å². The number of nitrogens with one attached hydrogen (secondary N) is 3. The van der Waals surface area contributed by atoms with Crippen molar-refractivity contribution >= 4 is 23.5 Å². The van der Waals surface area contributed by atoms with Crippen molar-refractivity contribution in [3.63, 3.8) is 0 Å². The first-order chi connectivity index (χ1) is 16.4. The van der Waals surface area contributed by atoms with Gasteiger partial charge in [-0.25, -0.2) is 14.2 Å². The van der Waals surface area contributed by atoms with Crippen LogP contribution in [0.1, 0.15) is 49.9 Å². The molecule has 11 nitrogen and oxygen atoms in total. The number of carbonyl (C=O) groups is 1. The van der Waals surface area contributed by atoms with Crippen LogP contribution in [0.25, 0.3) is 5.65 Å². The second-order valence-electron chi connectivity index (χ2n) is 9.11. The van der Waals surface area contributed by atoms with Crippen LogP contribution < -0.4 is 15.4 Å². The molecule has 0 spiro atoms. The van der Waals surface area contributed by atoms with Gasteiger partial charge in [0.15, 0.2) is 5.82 Å². The second-order valence-corrected chi connectivity index (χ2v) is 9.11. The molecule has 5 rings (SSSR count). The van der Waals surface area contributed by atoms with Crippen LogP contribution in [0.15, 0.2) is 18.3 Å². The molecule has 0 radical (unpaired) electrons. The molecule has 3 aromatic heterocycles. The summed E-state index contributed by atoms with van der Waals surface area (Å²) < 4.78 is 32.7. The number of aromatic amines is 1. The van der Waals surface area contributed by atoms with Crippen molar-refractivity contribution in [2.24, 2.45) is 0 Å². The molecule has 3 heterocycles. The molecule has 0 aliphatic heterocycles. The quantitative estimate of drug-likeness (QED) is 0.455. The molecule has 34 heavy (non-hydrogen) atoms. The first-order valence-corrected chi connectivity index (χ1v) is 11.2. The van der Waals surface area contributed by atoms with Crippen molar-refractivity contribution in [2.75, 3.05) is 19.5 Å². The number of H-pyrrole nitrogens is 1. The van der Waals surface area contributed by atoms with E-state index >= 15 is 4.39 Å². The largest absolute Gasteiger partial charge is 0.481 e. The van der Waals surface area contributed by atoms with Gasteiger partial charge in [-0.2, -0.15) is 10.1 Å². The summed E-state index contributed by atoms with van der Waals surface area (Å²) in [5.74, 6) is 0.849. The Labute approximate surface area is 195 Å². The third kappa shape index (κ3) is 4.49. The molecule has 1 amide bonds. The number of alkyl carbamates (subject to hydrolysis) is 1. The SMILES string of the molecule is COCc1cn2c(Nc3cc([C@H]4CC[C@@H](OC(=O)NC5(C)CC5)[C@H]4F)[nH]n3)nc(OC)cc2n1. The summed E-state index contributed by atoms with van der Waals surface area (Å²) in [5, 5.41) is 13.1. The highest BCUT2D eigenvalue weighted by Crippen LogP contribution is 2.39. The Hall–Kier alpha value is -3.41. The van der Waals surface area contributed by atoms with Gasteiger partial charge in [-0.15, -0.1) is 0 Å². The average Bonchev–Trinajstić information content (AvgIpc) is 3.14. The van der Waals surface area contributed by atoms with E-state index in [0.717, 1.165) is 18.5 Å². The zero-order valence-electron chi connectivity index (χ0n) is 19.3. The molecule has 0 saturated heterocycles. The normalized spacial score (nSPS) is 23.1. The van der Waals surface area contributed by atoms with Gasteiger partial charge in [-0.3, -0.25) is 9.50 Å². The molecular formula is C22H28FN7O4. The smallest absolute Gasteiger partial charge is 0.407 e. The fourth-order valence-corrected chi connectivity index (χ4v) is 4.23. The second kappa shape index (κ2) is 8.75. The fourth-order valence-electron chi connectivity index (χ4n) is 4.23. The maximum atomic E-state index is 15.1. The molecule has 0 aromatic carbocycles. The zero-order valence-corrected chi connectivity index (χ0v) is 19.3. The van der Waals surface area contributed by atoms with Crippen LogP contribution in [0.4, 0.5) is 21.0 Å². The Balaban J connectivity index is 1.29. The van der Waals surface area contributed by atoms with Crippen molar-refractivity contribution in [3.8, 4) is 5.88 Å². The molecule has 2 aliphatic carbocycles. The number of imidazole rings is 1. The zero-order chi connectivity index (χ0) is 23.9. The lowest BCUT2D eigenvalue weighted by Crippen LogP contribution is -2.38. The lowest BCUT2D eigenvalue weighted by Gasteiger charge is -2.19. The Morgan fingerprint density at radius 2 is 2.12 bits per heavy atom. The van der Waals surface area contributed by atoms with Crippen molar-refractivity contribution in [1.29, 1.82) is 0 Å². The summed E-state index contributed by atoms with van der Waals surface area (Å²) >= 11 is 0. The first kappa shape index (κ1) is 22.4. The average molecular weight is 474 g/mol. The third-order valence-corrected chi connectivity index (χ3v) is 6.38. The lowest BCUT2D eigenvalue weighted by molar-refractivity contribution is 0.0546. The highest BCUT2D eigenvalue weighted by atomic mass is 19.1.